The molecule has 2 heterocycles. The summed E-state index contributed by atoms with van der Waals surface area (Å²) in [6, 6.07) is 12.2. The van der Waals surface area contributed by atoms with Crippen LogP contribution in [0, 0.1) is 18.3 Å². The lowest BCUT2D eigenvalue weighted by atomic mass is 10.2. The molecule has 3 aromatic rings. The molecule has 1 aromatic carbocycles. The SMILES string of the molecule is Cc1nc(OC(=O)Nc2cccc(C#N)c2)c(Nc2cccnc2)s1. The highest BCUT2D eigenvalue weighted by Gasteiger charge is 2.15. The molecule has 0 spiro atoms. The Morgan fingerprint density at radius 3 is 2.88 bits per heavy atom. The predicted octanol–water partition coefficient (Wildman–Crippen LogP) is 4.07. The first-order valence-electron chi connectivity index (χ1n) is 7.27. The van der Waals surface area contributed by atoms with Crippen molar-refractivity contribution in [2.75, 3.05) is 10.6 Å². The van der Waals surface area contributed by atoms with Crippen LogP contribution in [0.15, 0.2) is 48.8 Å². The molecule has 0 bridgehead atoms. The number of ether oxygens (including phenoxy) is 1. The van der Waals surface area contributed by atoms with Crippen LogP contribution in [0.5, 0.6) is 5.88 Å². The van der Waals surface area contributed by atoms with Gasteiger partial charge >= 0.3 is 6.09 Å². The van der Waals surface area contributed by atoms with Gasteiger partial charge in [0.25, 0.3) is 5.88 Å². The Bertz CT molecular complexity index is 934. The zero-order chi connectivity index (χ0) is 17.6. The Morgan fingerprint density at radius 2 is 2.12 bits per heavy atom. The summed E-state index contributed by atoms with van der Waals surface area (Å²) in [5.41, 5.74) is 1.68. The average Bonchev–Trinajstić information content (AvgIpc) is 2.94. The summed E-state index contributed by atoms with van der Waals surface area (Å²) in [4.78, 5) is 20.4. The van der Waals surface area contributed by atoms with Crippen molar-refractivity contribution < 1.29 is 9.53 Å². The van der Waals surface area contributed by atoms with Gasteiger partial charge in [-0.05, 0) is 37.3 Å². The second-order valence-corrected chi connectivity index (χ2v) is 6.14. The summed E-state index contributed by atoms with van der Waals surface area (Å²) >= 11 is 1.37. The second kappa shape index (κ2) is 7.42. The molecule has 124 valence electrons. The minimum atomic E-state index is -0.686. The van der Waals surface area contributed by atoms with Crippen molar-refractivity contribution in [3.05, 3.63) is 59.4 Å². The van der Waals surface area contributed by atoms with Crippen LogP contribution >= 0.6 is 11.3 Å². The number of nitrogens with zero attached hydrogens (tertiary/aromatic N) is 3. The molecule has 0 radical (unpaired) electrons. The highest BCUT2D eigenvalue weighted by atomic mass is 32.1. The van der Waals surface area contributed by atoms with E-state index in [1.54, 1.807) is 42.7 Å². The van der Waals surface area contributed by atoms with Gasteiger partial charge in [0.15, 0.2) is 5.00 Å². The van der Waals surface area contributed by atoms with Gasteiger partial charge in [0.2, 0.25) is 0 Å². The van der Waals surface area contributed by atoms with Gasteiger partial charge in [-0.2, -0.15) is 5.26 Å². The summed E-state index contributed by atoms with van der Waals surface area (Å²) in [6.07, 6.45) is 2.64. The quantitative estimate of drug-likeness (QED) is 0.735. The maximum Gasteiger partial charge on any atom is 0.418 e. The predicted molar refractivity (Wildman–Crippen MR) is 95.2 cm³/mol. The van der Waals surface area contributed by atoms with E-state index in [2.05, 4.69) is 20.6 Å². The van der Waals surface area contributed by atoms with Crippen LogP contribution in [0.25, 0.3) is 0 Å². The Hall–Kier alpha value is -3.44. The number of benzene rings is 1. The van der Waals surface area contributed by atoms with Crippen molar-refractivity contribution >= 4 is 33.8 Å². The standard InChI is InChI=1S/C17H13N5O2S/c1-11-20-15(16(25-11)21-14-6-3-7-19-10-14)24-17(23)22-13-5-2-4-12(8-13)9-18/h2-8,10,21H,1H3,(H,22,23). The Kier molecular flexibility index (Phi) is 4.87. The summed E-state index contributed by atoms with van der Waals surface area (Å²) in [5.74, 6) is 0.181. The smallest absolute Gasteiger partial charge is 0.388 e. The second-order valence-electron chi connectivity index (χ2n) is 4.94. The van der Waals surface area contributed by atoms with Gasteiger partial charge < -0.3 is 10.1 Å². The van der Waals surface area contributed by atoms with Crippen LogP contribution in [0.2, 0.25) is 0 Å². The fourth-order valence-electron chi connectivity index (χ4n) is 2.02. The zero-order valence-corrected chi connectivity index (χ0v) is 14.0. The fourth-order valence-corrected chi connectivity index (χ4v) is 2.79. The molecule has 1 amide bonds. The van der Waals surface area contributed by atoms with Crippen molar-refractivity contribution in [3.8, 4) is 11.9 Å². The van der Waals surface area contributed by atoms with Crippen LogP contribution in [0.1, 0.15) is 10.6 Å². The third kappa shape index (κ3) is 4.31. The highest BCUT2D eigenvalue weighted by molar-refractivity contribution is 7.16. The van der Waals surface area contributed by atoms with Gasteiger partial charge in [-0.3, -0.25) is 10.3 Å². The zero-order valence-electron chi connectivity index (χ0n) is 13.2. The molecule has 8 heteroatoms. The van der Waals surface area contributed by atoms with Crippen LogP contribution in [0.3, 0.4) is 0 Å². The maximum atomic E-state index is 12.1. The molecule has 25 heavy (non-hydrogen) atoms. The molecule has 3 rings (SSSR count). The first-order chi connectivity index (χ1) is 12.1. The monoisotopic (exact) mass is 351 g/mol. The van der Waals surface area contributed by atoms with Crippen LogP contribution in [-0.2, 0) is 0 Å². The van der Waals surface area contributed by atoms with Gasteiger partial charge in [0, 0.05) is 11.9 Å². The Balaban J connectivity index is 1.72. The lowest BCUT2D eigenvalue weighted by molar-refractivity contribution is 0.214. The Morgan fingerprint density at radius 1 is 1.28 bits per heavy atom. The number of thiazole rings is 1. The number of pyridine rings is 1. The minimum Gasteiger partial charge on any atom is -0.388 e. The van der Waals surface area contributed by atoms with E-state index in [0.717, 1.165) is 10.7 Å². The third-order valence-electron chi connectivity index (χ3n) is 3.05. The van der Waals surface area contributed by atoms with Gasteiger partial charge in [-0.15, -0.1) is 0 Å². The number of anilines is 3. The summed E-state index contributed by atoms with van der Waals surface area (Å²) in [5, 5.41) is 16.0. The molecule has 0 saturated carbocycles. The molecular formula is C17H13N5O2S. The number of nitriles is 1. The molecule has 0 unspecified atom stereocenters. The third-order valence-corrected chi connectivity index (χ3v) is 3.92. The maximum absolute atomic E-state index is 12.1. The van der Waals surface area contributed by atoms with Crippen LogP contribution in [-0.4, -0.2) is 16.1 Å². The van der Waals surface area contributed by atoms with E-state index in [-0.39, 0.29) is 5.88 Å². The normalized spacial score (nSPS) is 9.92. The number of nitrogens with one attached hydrogen (secondary N) is 2. The van der Waals surface area contributed by atoms with E-state index < -0.39 is 6.09 Å². The number of hydrogen-bond donors (Lipinski definition) is 2. The number of aryl methyl sites for hydroxylation is 1. The molecule has 0 fully saturated rings. The number of aromatic nitrogens is 2. The van der Waals surface area contributed by atoms with Gasteiger partial charge in [-0.25, -0.2) is 9.78 Å². The lowest BCUT2D eigenvalue weighted by Crippen LogP contribution is -2.17. The van der Waals surface area contributed by atoms with E-state index in [0.29, 0.717) is 16.3 Å². The summed E-state index contributed by atoms with van der Waals surface area (Å²) < 4.78 is 5.30. The van der Waals surface area contributed by atoms with Crippen molar-refractivity contribution in [2.24, 2.45) is 0 Å². The number of hydrogen-bond acceptors (Lipinski definition) is 7. The largest absolute Gasteiger partial charge is 0.418 e. The van der Waals surface area contributed by atoms with Crippen molar-refractivity contribution in [1.29, 1.82) is 5.26 Å². The topological polar surface area (TPSA) is 99.9 Å². The van der Waals surface area contributed by atoms with E-state index in [4.69, 9.17) is 10.00 Å². The molecule has 0 aliphatic rings. The number of carbonyl (C=O) groups excluding carboxylic acids is 1. The summed E-state index contributed by atoms with van der Waals surface area (Å²) in [7, 11) is 0. The van der Waals surface area contributed by atoms with E-state index in [9.17, 15) is 4.79 Å². The van der Waals surface area contributed by atoms with Gasteiger partial charge in [0.05, 0.1) is 28.5 Å². The highest BCUT2D eigenvalue weighted by Crippen LogP contribution is 2.33. The molecule has 0 saturated heterocycles. The molecule has 7 nitrogen and oxygen atoms in total. The van der Waals surface area contributed by atoms with E-state index in [1.807, 2.05) is 19.1 Å². The molecule has 0 atom stereocenters. The van der Waals surface area contributed by atoms with E-state index in [1.165, 1.54) is 11.3 Å². The minimum absolute atomic E-state index is 0.181. The van der Waals surface area contributed by atoms with E-state index >= 15 is 0 Å². The average molecular weight is 351 g/mol. The summed E-state index contributed by atoms with van der Waals surface area (Å²) in [6.45, 7) is 1.82. The first-order valence-corrected chi connectivity index (χ1v) is 8.09. The molecule has 0 aliphatic heterocycles. The number of rotatable bonds is 4. The van der Waals surface area contributed by atoms with Crippen molar-refractivity contribution in [3.63, 3.8) is 0 Å². The van der Waals surface area contributed by atoms with Crippen LogP contribution < -0.4 is 15.4 Å². The Labute approximate surface area is 147 Å². The molecule has 0 aliphatic carbocycles. The molecule has 2 N–H and O–H groups in total. The lowest BCUT2D eigenvalue weighted by Gasteiger charge is -2.07. The number of amides is 1. The van der Waals surface area contributed by atoms with Crippen molar-refractivity contribution in [2.45, 2.75) is 6.92 Å². The molecule has 2 aromatic heterocycles. The number of carbonyl (C=O) groups is 1. The first kappa shape index (κ1) is 16.4. The fraction of sp³-hybridized carbons (Fsp3) is 0.0588. The van der Waals surface area contributed by atoms with Gasteiger partial charge in [0.1, 0.15) is 0 Å². The molecular weight excluding hydrogens is 338 g/mol. The van der Waals surface area contributed by atoms with Crippen molar-refractivity contribution in [1.82, 2.24) is 9.97 Å². The van der Waals surface area contributed by atoms with Gasteiger partial charge in [-0.1, -0.05) is 17.4 Å². The van der Waals surface area contributed by atoms with Crippen LogP contribution in [0.4, 0.5) is 21.2 Å².